The zero-order chi connectivity index (χ0) is 20.9. The molecule has 7 nitrogen and oxygen atoms in total. The average molecular weight is 412 g/mol. The summed E-state index contributed by atoms with van der Waals surface area (Å²) in [6.07, 6.45) is 3.76. The van der Waals surface area contributed by atoms with Gasteiger partial charge in [0.1, 0.15) is 11.9 Å². The molecule has 1 atom stereocenters. The van der Waals surface area contributed by atoms with Gasteiger partial charge in [-0.3, -0.25) is 25.3 Å². The van der Waals surface area contributed by atoms with E-state index < -0.39 is 4.92 Å². The van der Waals surface area contributed by atoms with Crippen molar-refractivity contribution in [3.63, 3.8) is 0 Å². The number of non-ortho nitro benzene ring substituents is 1. The van der Waals surface area contributed by atoms with Crippen LogP contribution in [-0.4, -0.2) is 48.7 Å². The topological polar surface area (TPSA) is 70.9 Å². The van der Waals surface area contributed by atoms with E-state index in [2.05, 4.69) is 15.3 Å². The molecule has 0 radical (unpaired) electrons. The minimum atomic E-state index is -0.400. The number of nitrogens with zero attached hydrogens (tertiary/aromatic N) is 3. The number of benzene rings is 2. The number of nitro groups is 1. The van der Waals surface area contributed by atoms with Gasteiger partial charge in [-0.15, -0.1) is 0 Å². The Kier molecular flexibility index (Phi) is 6.25. The van der Waals surface area contributed by atoms with E-state index in [9.17, 15) is 14.5 Å². The number of nitrogens with one attached hydrogen (secondary N) is 1. The Morgan fingerprint density at radius 3 is 2.70 bits per heavy atom. The second-order valence-electron chi connectivity index (χ2n) is 7.57. The average Bonchev–Trinajstić information content (AvgIpc) is 3.24. The summed E-state index contributed by atoms with van der Waals surface area (Å²) in [5.41, 5.74) is 5.15. The van der Waals surface area contributed by atoms with E-state index in [4.69, 9.17) is 4.84 Å². The lowest BCUT2D eigenvalue weighted by Gasteiger charge is -2.36. The smallest absolute Gasteiger partial charge is 0.270 e. The van der Waals surface area contributed by atoms with E-state index >= 15 is 0 Å². The third-order valence-electron chi connectivity index (χ3n) is 5.57. The van der Waals surface area contributed by atoms with Crippen LogP contribution in [0.1, 0.15) is 18.4 Å². The van der Waals surface area contributed by atoms with Gasteiger partial charge in [-0.25, -0.2) is 4.39 Å². The first kappa shape index (κ1) is 20.3. The largest absolute Gasteiger partial charge is 0.367 e. The fourth-order valence-electron chi connectivity index (χ4n) is 3.91. The van der Waals surface area contributed by atoms with E-state index in [1.165, 1.54) is 12.1 Å². The van der Waals surface area contributed by atoms with Crippen LogP contribution >= 0.6 is 0 Å². The number of rotatable bonds is 7. The first-order chi connectivity index (χ1) is 14.6. The number of hydroxylamine groups is 1. The van der Waals surface area contributed by atoms with Crippen LogP contribution in [0, 0.1) is 15.9 Å². The van der Waals surface area contributed by atoms with Gasteiger partial charge in [-0.2, -0.15) is 0 Å². The van der Waals surface area contributed by atoms with Crippen LogP contribution in [0.15, 0.2) is 54.6 Å². The molecule has 2 aliphatic rings. The van der Waals surface area contributed by atoms with Crippen molar-refractivity contribution < 1.29 is 14.2 Å². The fourth-order valence-corrected chi connectivity index (χ4v) is 3.91. The van der Waals surface area contributed by atoms with Crippen molar-refractivity contribution in [2.45, 2.75) is 18.9 Å². The molecule has 0 aliphatic carbocycles. The van der Waals surface area contributed by atoms with E-state index in [1.54, 1.807) is 18.2 Å². The van der Waals surface area contributed by atoms with Crippen molar-refractivity contribution in [1.29, 1.82) is 0 Å². The number of hydrogen-bond donors (Lipinski definition) is 1. The number of nitro benzene ring substituents is 1. The minimum absolute atomic E-state index is 0.0565. The molecular formula is C22H25FN4O3. The van der Waals surface area contributed by atoms with Crippen LogP contribution in [-0.2, 0) is 4.84 Å². The molecule has 30 heavy (non-hydrogen) atoms. The quantitative estimate of drug-likeness (QED) is 0.554. The second-order valence-corrected chi connectivity index (χ2v) is 7.57. The van der Waals surface area contributed by atoms with Crippen molar-refractivity contribution in [1.82, 2.24) is 10.4 Å². The Morgan fingerprint density at radius 1 is 1.13 bits per heavy atom. The maximum Gasteiger partial charge on any atom is 0.270 e. The van der Waals surface area contributed by atoms with Crippen molar-refractivity contribution in [3.8, 4) is 0 Å². The van der Waals surface area contributed by atoms with Crippen LogP contribution in [0.4, 0.5) is 15.8 Å². The third kappa shape index (κ3) is 4.77. The zero-order valence-electron chi connectivity index (χ0n) is 16.7. The monoisotopic (exact) mass is 412 g/mol. The third-order valence-corrected chi connectivity index (χ3v) is 5.57. The van der Waals surface area contributed by atoms with Gasteiger partial charge in [0, 0.05) is 43.9 Å². The molecule has 1 unspecified atom stereocenters. The fraction of sp³-hybridized carbons (Fsp3) is 0.364. The molecule has 0 saturated carbocycles. The Bertz CT molecular complexity index is 928. The van der Waals surface area contributed by atoms with Gasteiger partial charge in [0.2, 0.25) is 0 Å². The van der Waals surface area contributed by atoms with Gasteiger partial charge in [0.05, 0.1) is 16.3 Å². The van der Waals surface area contributed by atoms with Crippen LogP contribution in [0.2, 0.25) is 0 Å². The molecule has 1 fully saturated rings. The van der Waals surface area contributed by atoms with Gasteiger partial charge in [0.25, 0.3) is 5.69 Å². The van der Waals surface area contributed by atoms with Crippen LogP contribution in [0.5, 0.6) is 0 Å². The van der Waals surface area contributed by atoms with Gasteiger partial charge < -0.3 is 4.90 Å². The Hall–Kier alpha value is -2.97. The summed E-state index contributed by atoms with van der Waals surface area (Å²) in [6.45, 7) is 4.42. The zero-order valence-corrected chi connectivity index (χ0v) is 16.7. The van der Waals surface area contributed by atoms with Crippen LogP contribution in [0.3, 0.4) is 0 Å². The Balaban J connectivity index is 1.23. The Morgan fingerprint density at radius 2 is 1.93 bits per heavy atom. The van der Waals surface area contributed by atoms with Gasteiger partial charge >= 0.3 is 0 Å². The molecule has 2 heterocycles. The lowest BCUT2D eigenvalue weighted by Crippen LogP contribution is -2.47. The van der Waals surface area contributed by atoms with Gasteiger partial charge in [0.15, 0.2) is 0 Å². The molecule has 0 aromatic heterocycles. The van der Waals surface area contributed by atoms with Crippen LogP contribution in [0.25, 0.3) is 5.70 Å². The summed E-state index contributed by atoms with van der Waals surface area (Å²) in [6, 6.07) is 13.4. The minimum Gasteiger partial charge on any atom is -0.367 e. The van der Waals surface area contributed by atoms with E-state index in [1.807, 2.05) is 24.3 Å². The number of piperazine rings is 1. The number of para-hydroxylation sites is 1. The van der Waals surface area contributed by atoms with Crippen molar-refractivity contribution >= 4 is 17.1 Å². The molecule has 1 saturated heterocycles. The highest BCUT2D eigenvalue weighted by molar-refractivity contribution is 5.66. The molecule has 2 aliphatic heterocycles. The lowest BCUT2D eigenvalue weighted by molar-refractivity contribution is -0.384. The highest BCUT2D eigenvalue weighted by Crippen LogP contribution is 2.24. The maximum atomic E-state index is 13.9. The summed E-state index contributed by atoms with van der Waals surface area (Å²) in [5, 5.41) is 10.9. The van der Waals surface area contributed by atoms with Gasteiger partial charge in [-0.1, -0.05) is 24.3 Å². The molecule has 2 aromatic carbocycles. The SMILES string of the molecule is O=[N+]([O-])c1cccc(C2=CC(CCCN3CCN(c4ccccc4F)CC3)ON2)c1. The van der Waals surface area contributed by atoms with E-state index in [-0.39, 0.29) is 17.6 Å². The van der Waals surface area contributed by atoms with Crippen LogP contribution < -0.4 is 10.4 Å². The number of halogens is 1. The molecule has 1 N–H and O–H groups in total. The predicted molar refractivity (Wildman–Crippen MR) is 113 cm³/mol. The molecule has 158 valence electrons. The van der Waals surface area contributed by atoms with Crippen molar-refractivity contribution in [3.05, 3.63) is 76.1 Å². The lowest BCUT2D eigenvalue weighted by atomic mass is 10.1. The second kappa shape index (κ2) is 9.23. The van der Waals surface area contributed by atoms with E-state index in [0.29, 0.717) is 5.69 Å². The molecule has 8 heteroatoms. The van der Waals surface area contributed by atoms with Crippen molar-refractivity contribution in [2.24, 2.45) is 0 Å². The summed E-state index contributed by atoms with van der Waals surface area (Å²) in [5.74, 6) is -0.164. The first-order valence-corrected chi connectivity index (χ1v) is 10.2. The summed E-state index contributed by atoms with van der Waals surface area (Å²) >= 11 is 0. The highest BCUT2D eigenvalue weighted by atomic mass is 19.1. The predicted octanol–water partition coefficient (Wildman–Crippen LogP) is 3.58. The van der Waals surface area contributed by atoms with E-state index in [0.717, 1.165) is 56.8 Å². The maximum absolute atomic E-state index is 13.9. The highest BCUT2D eigenvalue weighted by Gasteiger charge is 2.21. The summed E-state index contributed by atoms with van der Waals surface area (Å²) < 4.78 is 13.9. The molecule has 4 rings (SSSR count). The molecule has 0 bridgehead atoms. The number of anilines is 1. The summed E-state index contributed by atoms with van der Waals surface area (Å²) in [7, 11) is 0. The summed E-state index contributed by atoms with van der Waals surface area (Å²) in [4.78, 5) is 20.7. The molecule has 2 aromatic rings. The van der Waals surface area contributed by atoms with Crippen molar-refractivity contribution in [2.75, 3.05) is 37.6 Å². The van der Waals surface area contributed by atoms with Gasteiger partial charge in [-0.05, 0) is 37.6 Å². The normalized spacial score (nSPS) is 19.4. The molecule has 0 spiro atoms. The first-order valence-electron chi connectivity index (χ1n) is 10.2. The molecular weight excluding hydrogens is 387 g/mol. The number of hydrogen-bond acceptors (Lipinski definition) is 6. The Labute approximate surface area is 174 Å². The molecule has 0 amide bonds. The standard InChI is InChI=1S/C22H25FN4O3/c23-20-8-1-2-9-22(20)26-13-11-25(12-14-26)10-4-7-19-16-21(24-30-19)17-5-3-6-18(15-17)27(28)29/h1-3,5-6,8-9,15-16,19,24H,4,7,10-14H2.